The van der Waals surface area contributed by atoms with Crippen LogP contribution in [0.5, 0.6) is 5.75 Å². The lowest BCUT2D eigenvalue weighted by Crippen LogP contribution is -2.35. The van der Waals surface area contributed by atoms with Gasteiger partial charge in [0.2, 0.25) is 0 Å². The van der Waals surface area contributed by atoms with Gasteiger partial charge in [-0.15, -0.1) is 0 Å². The SMILES string of the molecule is CC(CC(C)(C)C)C(C)(C)C(=O)OCCCCCCOc1ccc2c(c1)CCC(c1ccccc1)=C2. The van der Waals surface area contributed by atoms with Crippen LogP contribution in [0.4, 0.5) is 0 Å². The van der Waals surface area contributed by atoms with Crippen LogP contribution < -0.4 is 4.74 Å². The molecule has 0 aliphatic heterocycles. The van der Waals surface area contributed by atoms with Crippen molar-refractivity contribution in [3.05, 3.63) is 65.2 Å². The lowest BCUT2D eigenvalue weighted by atomic mass is 9.72. The molecule has 1 unspecified atom stereocenters. The zero-order valence-electron chi connectivity index (χ0n) is 23.4. The first kappa shape index (κ1) is 28.0. The molecule has 0 amide bonds. The van der Waals surface area contributed by atoms with Crippen molar-refractivity contribution in [1.82, 2.24) is 0 Å². The zero-order valence-corrected chi connectivity index (χ0v) is 23.4. The molecule has 3 nitrogen and oxygen atoms in total. The van der Waals surface area contributed by atoms with Crippen LogP contribution in [-0.4, -0.2) is 19.2 Å². The molecule has 0 radical (unpaired) electrons. The lowest BCUT2D eigenvalue weighted by Gasteiger charge is -2.34. The Kier molecular flexibility index (Phi) is 9.82. The van der Waals surface area contributed by atoms with Crippen molar-refractivity contribution in [2.24, 2.45) is 16.7 Å². The summed E-state index contributed by atoms with van der Waals surface area (Å²) in [6, 6.07) is 17.1. The van der Waals surface area contributed by atoms with Gasteiger partial charge in [-0.25, -0.2) is 0 Å². The predicted octanol–water partition coefficient (Wildman–Crippen LogP) is 8.75. The van der Waals surface area contributed by atoms with Gasteiger partial charge in [-0.05, 0) is 105 Å². The normalized spacial score (nSPS) is 14.6. The second-order valence-electron chi connectivity index (χ2n) is 12.2. The van der Waals surface area contributed by atoms with E-state index in [0.717, 1.165) is 57.3 Å². The third kappa shape index (κ3) is 8.25. The van der Waals surface area contributed by atoms with Crippen molar-refractivity contribution < 1.29 is 14.3 Å². The van der Waals surface area contributed by atoms with Crippen LogP contribution in [-0.2, 0) is 16.0 Å². The molecule has 2 aromatic carbocycles. The van der Waals surface area contributed by atoms with Gasteiger partial charge in [0.05, 0.1) is 18.6 Å². The van der Waals surface area contributed by atoms with E-state index in [9.17, 15) is 4.79 Å². The maximum absolute atomic E-state index is 12.6. The number of fused-ring (bicyclic) bond motifs is 1. The van der Waals surface area contributed by atoms with Gasteiger partial charge in [-0.2, -0.15) is 0 Å². The number of benzene rings is 2. The number of rotatable bonds is 12. The maximum Gasteiger partial charge on any atom is 0.311 e. The molecular formula is C33H46O3. The number of ether oxygens (including phenoxy) is 2. The number of unbranched alkanes of at least 4 members (excludes halogenated alkanes) is 3. The summed E-state index contributed by atoms with van der Waals surface area (Å²) in [5.41, 5.74) is 5.16. The van der Waals surface area contributed by atoms with Crippen molar-refractivity contribution in [2.75, 3.05) is 13.2 Å². The first-order chi connectivity index (χ1) is 17.1. The van der Waals surface area contributed by atoms with E-state index >= 15 is 0 Å². The average molecular weight is 491 g/mol. The van der Waals surface area contributed by atoms with Gasteiger partial charge in [-0.1, -0.05) is 70.2 Å². The summed E-state index contributed by atoms with van der Waals surface area (Å²) in [6.07, 6.45) is 9.49. The molecule has 36 heavy (non-hydrogen) atoms. The molecule has 0 N–H and O–H groups in total. The molecule has 0 saturated heterocycles. The van der Waals surface area contributed by atoms with Gasteiger partial charge < -0.3 is 9.47 Å². The van der Waals surface area contributed by atoms with E-state index in [1.54, 1.807) is 0 Å². The van der Waals surface area contributed by atoms with E-state index in [1.165, 1.54) is 22.3 Å². The smallest absolute Gasteiger partial charge is 0.311 e. The van der Waals surface area contributed by atoms with Crippen LogP contribution in [0.15, 0.2) is 48.5 Å². The van der Waals surface area contributed by atoms with Gasteiger partial charge in [0.25, 0.3) is 0 Å². The highest BCUT2D eigenvalue weighted by molar-refractivity contribution is 5.84. The lowest BCUT2D eigenvalue weighted by molar-refractivity contribution is -0.157. The maximum atomic E-state index is 12.6. The number of aryl methyl sites for hydroxylation is 1. The average Bonchev–Trinajstić information content (AvgIpc) is 2.84. The minimum Gasteiger partial charge on any atom is -0.494 e. The molecule has 196 valence electrons. The number of hydrogen-bond donors (Lipinski definition) is 0. The molecule has 0 bridgehead atoms. The third-order valence-electron chi connectivity index (χ3n) is 7.47. The van der Waals surface area contributed by atoms with Gasteiger partial charge in [0.1, 0.15) is 5.75 Å². The Labute approximate surface area is 219 Å². The van der Waals surface area contributed by atoms with Crippen LogP contribution in [0, 0.1) is 16.7 Å². The van der Waals surface area contributed by atoms with Crippen LogP contribution in [0.2, 0.25) is 0 Å². The molecule has 0 aromatic heterocycles. The monoisotopic (exact) mass is 490 g/mol. The topological polar surface area (TPSA) is 35.5 Å². The Hall–Kier alpha value is -2.55. The number of allylic oxidation sites excluding steroid dienone is 1. The van der Waals surface area contributed by atoms with Crippen molar-refractivity contribution >= 4 is 17.6 Å². The summed E-state index contributed by atoms with van der Waals surface area (Å²) >= 11 is 0. The van der Waals surface area contributed by atoms with E-state index in [0.29, 0.717) is 6.61 Å². The molecule has 0 heterocycles. The largest absolute Gasteiger partial charge is 0.494 e. The van der Waals surface area contributed by atoms with E-state index in [4.69, 9.17) is 9.47 Å². The molecule has 1 aliphatic carbocycles. The summed E-state index contributed by atoms with van der Waals surface area (Å²) in [5, 5.41) is 0. The summed E-state index contributed by atoms with van der Waals surface area (Å²) < 4.78 is 11.7. The fourth-order valence-corrected chi connectivity index (χ4v) is 4.91. The molecule has 2 aromatic rings. The predicted molar refractivity (Wildman–Crippen MR) is 151 cm³/mol. The summed E-state index contributed by atoms with van der Waals surface area (Å²) in [6.45, 7) is 14.1. The van der Waals surface area contributed by atoms with Crippen LogP contribution in [0.3, 0.4) is 0 Å². The summed E-state index contributed by atoms with van der Waals surface area (Å²) in [7, 11) is 0. The van der Waals surface area contributed by atoms with E-state index in [1.807, 2.05) is 13.8 Å². The molecule has 0 saturated carbocycles. The van der Waals surface area contributed by atoms with Crippen molar-refractivity contribution in [1.29, 1.82) is 0 Å². The van der Waals surface area contributed by atoms with Gasteiger partial charge >= 0.3 is 5.97 Å². The quantitative estimate of drug-likeness (QED) is 0.220. The molecule has 0 spiro atoms. The Morgan fingerprint density at radius 2 is 1.58 bits per heavy atom. The molecule has 3 heteroatoms. The minimum atomic E-state index is -0.450. The van der Waals surface area contributed by atoms with Crippen molar-refractivity contribution in [3.63, 3.8) is 0 Å². The van der Waals surface area contributed by atoms with Gasteiger partial charge in [0.15, 0.2) is 0 Å². The Bertz CT molecular complexity index is 1010. The molecule has 1 atom stereocenters. The van der Waals surface area contributed by atoms with Gasteiger partial charge in [-0.3, -0.25) is 4.79 Å². The number of hydrogen-bond acceptors (Lipinski definition) is 3. The number of esters is 1. The highest BCUT2D eigenvalue weighted by Gasteiger charge is 2.37. The molecule has 1 aliphatic rings. The fraction of sp³-hybridized carbons (Fsp3) is 0.545. The molecule has 0 fully saturated rings. The van der Waals surface area contributed by atoms with E-state index < -0.39 is 5.41 Å². The molecular weight excluding hydrogens is 444 g/mol. The standard InChI is InChI=1S/C33H46O3/c1-25(24-32(2,3)4)33(5,6)31(34)36-21-13-8-7-12-20-35-30-19-18-28-22-27(16-17-29(28)23-30)26-14-10-9-11-15-26/h9-11,14-15,18-19,22-23,25H,7-8,12-13,16-17,20-21,24H2,1-6H3. The number of carbonyl (C=O) groups is 1. The summed E-state index contributed by atoms with van der Waals surface area (Å²) in [4.78, 5) is 12.6. The van der Waals surface area contributed by atoms with Crippen molar-refractivity contribution in [2.45, 2.75) is 86.5 Å². The Balaban J connectivity index is 1.32. The van der Waals surface area contributed by atoms with Crippen LogP contribution >= 0.6 is 0 Å². The van der Waals surface area contributed by atoms with E-state index in [-0.39, 0.29) is 17.3 Å². The van der Waals surface area contributed by atoms with Gasteiger partial charge in [0, 0.05) is 0 Å². The minimum absolute atomic E-state index is 0.0688. The Morgan fingerprint density at radius 3 is 2.28 bits per heavy atom. The molecule has 3 rings (SSSR count). The first-order valence-electron chi connectivity index (χ1n) is 13.8. The highest BCUT2D eigenvalue weighted by Crippen LogP contribution is 2.37. The second kappa shape index (κ2) is 12.6. The van der Waals surface area contributed by atoms with Crippen molar-refractivity contribution in [3.8, 4) is 5.75 Å². The second-order valence-corrected chi connectivity index (χ2v) is 12.2. The summed E-state index contributed by atoms with van der Waals surface area (Å²) in [5.74, 6) is 1.18. The third-order valence-corrected chi connectivity index (χ3v) is 7.47. The first-order valence-corrected chi connectivity index (χ1v) is 13.8. The highest BCUT2D eigenvalue weighted by atomic mass is 16.5. The zero-order chi connectivity index (χ0) is 26.2. The fourth-order valence-electron chi connectivity index (χ4n) is 4.91. The number of carbonyl (C=O) groups excluding carboxylic acids is 1. The van der Waals surface area contributed by atoms with E-state index in [2.05, 4.69) is 82.3 Å². The van der Waals surface area contributed by atoms with Crippen LogP contribution in [0.1, 0.15) is 96.8 Å². The van der Waals surface area contributed by atoms with Crippen LogP contribution in [0.25, 0.3) is 11.6 Å². The Morgan fingerprint density at radius 1 is 0.889 bits per heavy atom.